The lowest BCUT2D eigenvalue weighted by atomic mass is 10.1. The molecule has 5 N–H and O–H groups in total. The van der Waals surface area contributed by atoms with Gasteiger partial charge in [-0.05, 0) is 6.42 Å². The number of aliphatic hydroxyl groups excluding tert-OH is 3. The second-order valence-corrected chi connectivity index (χ2v) is 6.08. The fourth-order valence-corrected chi connectivity index (χ4v) is 2.83. The number of aromatic nitrogens is 4. The lowest BCUT2D eigenvalue weighted by Gasteiger charge is -2.17. The lowest BCUT2D eigenvalue weighted by molar-refractivity contribution is -0.0517. The van der Waals surface area contributed by atoms with E-state index in [9.17, 15) is 15.3 Å². The zero-order chi connectivity index (χ0) is 18.0. The van der Waals surface area contributed by atoms with Crippen molar-refractivity contribution in [2.75, 3.05) is 12.3 Å². The van der Waals surface area contributed by atoms with Crippen LogP contribution < -0.4 is 5.73 Å². The standard InChI is InChI=1S/C15H23N5O5/c1-2-3-4-5-9-18-14(19-25-9)10-13(16)20(7-17-10)15-12(23)11(22)8(6-21)24-15/h7-8,11-12,15,21-23H,2-6,16H2,1H3/t8-,11-,12-,15-/m1/s1. The number of rotatable bonds is 7. The van der Waals surface area contributed by atoms with Crippen LogP contribution in [0.15, 0.2) is 10.9 Å². The van der Waals surface area contributed by atoms with Crippen LogP contribution in [0, 0.1) is 0 Å². The molecule has 4 atom stereocenters. The van der Waals surface area contributed by atoms with Crippen LogP contribution in [-0.2, 0) is 11.2 Å². The summed E-state index contributed by atoms with van der Waals surface area (Å²) in [6.07, 6.45) is 0.915. The highest BCUT2D eigenvalue weighted by atomic mass is 16.6. The number of nitrogen functional groups attached to an aromatic ring is 1. The molecular weight excluding hydrogens is 330 g/mol. The summed E-state index contributed by atoms with van der Waals surface area (Å²) in [6.45, 7) is 1.70. The number of ether oxygens (including phenoxy) is 1. The van der Waals surface area contributed by atoms with Crippen LogP contribution in [0.4, 0.5) is 5.82 Å². The summed E-state index contributed by atoms with van der Waals surface area (Å²) >= 11 is 0. The van der Waals surface area contributed by atoms with Crippen molar-refractivity contribution in [3.63, 3.8) is 0 Å². The number of hydrogen-bond donors (Lipinski definition) is 4. The van der Waals surface area contributed by atoms with Crippen molar-refractivity contribution in [3.05, 3.63) is 12.2 Å². The van der Waals surface area contributed by atoms with Crippen LogP contribution in [-0.4, -0.2) is 59.9 Å². The van der Waals surface area contributed by atoms with Crippen molar-refractivity contribution in [2.45, 2.75) is 57.1 Å². The number of nitrogens with zero attached hydrogens (tertiary/aromatic N) is 4. The number of nitrogens with two attached hydrogens (primary N) is 1. The molecular formula is C15H23N5O5. The van der Waals surface area contributed by atoms with Gasteiger partial charge in [0.05, 0.1) is 12.9 Å². The lowest BCUT2D eigenvalue weighted by Crippen LogP contribution is -2.33. The predicted octanol–water partition coefficient (Wildman–Crippen LogP) is -0.140. The van der Waals surface area contributed by atoms with Crippen molar-refractivity contribution in [1.82, 2.24) is 19.7 Å². The second-order valence-electron chi connectivity index (χ2n) is 6.08. The van der Waals surface area contributed by atoms with Crippen molar-refractivity contribution in [3.8, 4) is 11.5 Å². The molecule has 1 saturated heterocycles. The van der Waals surface area contributed by atoms with Crippen LogP contribution in [0.1, 0.15) is 38.3 Å². The first-order valence-electron chi connectivity index (χ1n) is 8.34. The molecule has 0 aromatic carbocycles. The summed E-state index contributed by atoms with van der Waals surface area (Å²) in [5.74, 6) is 0.954. The first kappa shape index (κ1) is 17.8. The third kappa shape index (κ3) is 3.38. The summed E-state index contributed by atoms with van der Waals surface area (Å²) in [6, 6.07) is 0. The maximum absolute atomic E-state index is 10.1. The molecule has 0 aliphatic carbocycles. The SMILES string of the molecule is CCCCCc1nc(-c2ncn([C@@H]3O[C@H](CO)[C@@H](O)[C@H]3O)c2N)no1. The highest BCUT2D eigenvalue weighted by molar-refractivity contribution is 5.64. The van der Waals surface area contributed by atoms with Crippen molar-refractivity contribution < 1.29 is 24.6 Å². The normalized spacial score (nSPS) is 26.4. The smallest absolute Gasteiger partial charge is 0.227 e. The minimum absolute atomic E-state index is 0.177. The van der Waals surface area contributed by atoms with E-state index in [2.05, 4.69) is 22.0 Å². The molecule has 10 heteroatoms. The van der Waals surface area contributed by atoms with Gasteiger partial charge in [0.1, 0.15) is 24.1 Å². The molecule has 10 nitrogen and oxygen atoms in total. The molecule has 138 valence electrons. The number of aliphatic hydroxyl groups is 3. The minimum Gasteiger partial charge on any atom is -0.394 e. The van der Waals surface area contributed by atoms with E-state index in [0.29, 0.717) is 18.0 Å². The molecule has 2 aromatic rings. The monoisotopic (exact) mass is 353 g/mol. The molecule has 1 aliphatic heterocycles. The summed E-state index contributed by atoms with van der Waals surface area (Å²) < 4.78 is 12.0. The average molecular weight is 353 g/mol. The second kappa shape index (κ2) is 7.48. The third-order valence-corrected chi connectivity index (χ3v) is 4.30. The summed E-state index contributed by atoms with van der Waals surface area (Å²) in [4.78, 5) is 8.46. The third-order valence-electron chi connectivity index (χ3n) is 4.30. The van der Waals surface area contributed by atoms with E-state index in [1.807, 2.05) is 0 Å². The van der Waals surface area contributed by atoms with Crippen molar-refractivity contribution >= 4 is 5.82 Å². The fraction of sp³-hybridized carbons (Fsp3) is 0.667. The van der Waals surface area contributed by atoms with Gasteiger partial charge in [-0.3, -0.25) is 4.57 Å². The Morgan fingerprint density at radius 1 is 1.28 bits per heavy atom. The summed E-state index contributed by atoms with van der Waals surface area (Å²) in [5, 5.41) is 33.0. The van der Waals surface area contributed by atoms with Gasteiger partial charge in [-0.15, -0.1) is 0 Å². The Balaban J connectivity index is 1.78. The van der Waals surface area contributed by atoms with E-state index < -0.39 is 31.1 Å². The van der Waals surface area contributed by atoms with Crippen LogP contribution in [0.3, 0.4) is 0 Å². The fourth-order valence-electron chi connectivity index (χ4n) is 2.83. The van der Waals surface area contributed by atoms with Crippen LogP contribution in [0.5, 0.6) is 0 Å². The van der Waals surface area contributed by atoms with Gasteiger partial charge in [-0.1, -0.05) is 24.9 Å². The van der Waals surface area contributed by atoms with Gasteiger partial charge >= 0.3 is 0 Å². The molecule has 0 saturated carbocycles. The van der Waals surface area contributed by atoms with Gasteiger partial charge in [0, 0.05) is 6.42 Å². The number of unbranched alkanes of at least 4 members (excludes halogenated alkanes) is 2. The van der Waals surface area contributed by atoms with Gasteiger partial charge in [0.15, 0.2) is 11.9 Å². The van der Waals surface area contributed by atoms with Gasteiger partial charge in [-0.25, -0.2) is 4.98 Å². The van der Waals surface area contributed by atoms with Crippen molar-refractivity contribution in [2.24, 2.45) is 0 Å². The average Bonchev–Trinajstić information content (AvgIpc) is 3.28. The van der Waals surface area contributed by atoms with Gasteiger partial charge in [0.2, 0.25) is 11.7 Å². The van der Waals surface area contributed by atoms with Gasteiger partial charge < -0.3 is 30.3 Å². The number of imidazole rings is 1. The Morgan fingerprint density at radius 3 is 2.76 bits per heavy atom. The van der Waals surface area contributed by atoms with Crippen LogP contribution in [0.2, 0.25) is 0 Å². The quantitative estimate of drug-likeness (QED) is 0.498. The van der Waals surface area contributed by atoms with Crippen LogP contribution in [0.25, 0.3) is 11.5 Å². The number of anilines is 1. The molecule has 3 heterocycles. The Morgan fingerprint density at radius 2 is 2.08 bits per heavy atom. The summed E-state index contributed by atoms with van der Waals surface area (Å²) in [7, 11) is 0. The highest BCUT2D eigenvalue weighted by Crippen LogP contribution is 2.33. The van der Waals surface area contributed by atoms with Crippen molar-refractivity contribution in [1.29, 1.82) is 0 Å². The molecule has 3 rings (SSSR count). The van der Waals surface area contributed by atoms with Gasteiger partial charge in [-0.2, -0.15) is 4.98 Å². The Bertz CT molecular complexity index is 702. The van der Waals surface area contributed by atoms with E-state index in [4.69, 9.17) is 15.0 Å². The molecule has 0 unspecified atom stereocenters. The maximum Gasteiger partial charge on any atom is 0.227 e. The first-order chi connectivity index (χ1) is 12.1. The zero-order valence-corrected chi connectivity index (χ0v) is 13.9. The predicted molar refractivity (Wildman–Crippen MR) is 86.2 cm³/mol. The molecule has 1 fully saturated rings. The van der Waals surface area contributed by atoms with E-state index in [0.717, 1.165) is 19.3 Å². The van der Waals surface area contributed by atoms with E-state index >= 15 is 0 Å². The van der Waals surface area contributed by atoms with E-state index in [1.54, 1.807) is 0 Å². The van der Waals surface area contributed by atoms with E-state index in [-0.39, 0.29) is 11.6 Å². The minimum atomic E-state index is -1.24. The Kier molecular flexibility index (Phi) is 5.33. The maximum atomic E-state index is 10.1. The Labute approximate surface area is 144 Å². The summed E-state index contributed by atoms with van der Waals surface area (Å²) in [5.41, 5.74) is 6.39. The zero-order valence-electron chi connectivity index (χ0n) is 13.9. The molecule has 0 radical (unpaired) electrons. The molecule has 2 aromatic heterocycles. The van der Waals surface area contributed by atoms with E-state index in [1.165, 1.54) is 10.9 Å². The molecule has 0 amide bonds. The number of hydrogen-bond acceptors (Lipinski definition) is 9. The number of aryl methyl sites for hydroxylation is 1. The Hall–Kier alpha value is -2.01. The first-order valence-corrected chi connectivity index (χ1v) is 8.34. The molecule has 25 heavy (non-hydrogen) atoms. The molecule has 1 aliphatic rings. The topological polar surface area (TPSA) is 153 Å². The largest absolute Gasteiger partial charge is 0.394 e. The molecule has 0 spiro atoms. The highest BCUT2D eigenvalue weighted by Gasteiger charge is 2.44. The van der Waals surface area contributed by atoms with Gasteiger partial charge in [0.25, 0.3) is 0 Å². The van der Waals surface area contributed by atoms with Crippen LogP contribution >= 0.6 is 0 Å². The molecule has 0 bridgehead atoms.